The van der Waals surface area contributed by atoms with Gasteiger partial charge >= 0.3 is 0 Å². The zero-order valence-corrected chi connectivity index (χ0v) is 7.22. The third-order valence-corrected chi connectivity index (χ3v) is 1.33. The molecule has 1 nitrogen and oxygen atoms in total. The number of rotatable bonds is 5. The Morgan fingerprint density at radius 3 is 2.73 bits per heavy atom. The quantitative estimate of drug-likeness (QED) is 0.474. The van der Waals surface area contributed by atoms with E-state index in [4.69, 9.17) is 5.73 Å². The van der Waals surface area contributed by atoms with Crippen LogP contribution in [0.3, 0.4) is 0 Å². The molecule has 0 aromatic rings. The largest absolute Gasteiger partial charge is 0.402 e. The number of hydrogen-bond donors (Lipinski definition) is 1. The van der Waals surface area contributed by atoms with Crippen molar-refractivity contribution in [2.24, 2.45) is 5.73 Å². The van der Waals surface area contributed by atoms with E-state index in [1.54, 1.807) is 6.08 Å². The molecule has 0 saturated carbocycles. The summed E-state index contributed by atoms with van der Waals surface area (Å²) in [7, 11) is 0. The molecule has 11 heavy (non-hydrogen) atoms. The molecule has 1 heteroatoms. The van der Waals surface area contributed by atoms with Crippen molar-refractivity contribution < 1.29 is 0 Å². The molecule has 0 atom stereocenters. The van der Waals surface area contributed by atoms with Crippen LogP contribution in [0.1, 0.15) is 26.2 Å². The summed E-state index contributed by atoms with van der Waals surface area (Å²) >= 11 is 0. The Labute approximate surface area is 69.3 Å². The molecular formula is C10H17N. The molecule has 62 valence electrons. The minimum absolute atomic E-state index is 0.903. The van der Waals surface area contributed by atoms with Gasteiger partial charge in [-0.25, -0.2) is 0 Å². The van der Waals surface area contributed by atoms with Gasteiger partial charge in [0.05, 0.1) is 0 Å². The Morgan fingerprint density at radius 1 is 1.45 bits per heavy atom. The highest BCUT2D eigenvalue weighted by molar-refractivity contribution is 5.07. The van der Waals surface area contributed by atoms with Crippen LogP contribution in [0, 0.1) is 0 Å². The summed E-state index contributed by atoms with van der Waals surface area (Å²) in [5, 5.41) is 0. The Bertz CT molecular complexity index is 154. The van der Waals surface area contributed by atoms with E-state index in [-0.39, 0.29) is 0 Å². The van der Waals surface area contributed by atoms with E-state index in [1.807, 2.05) is 6.08 Å². The fourth-order valence-corrected chi connectivity index (χ4v) is 0.769. The summed E-state index contributed by atoms with van der Waals surface area (Å²) < 4.78 is 0. The van der Waals surface area contributed by atoms with Gasteiger partial charge < -0.3 is 5.73 Å². The number of nitrogens with two attached hydrogens (primary N) is 1. The van der Waals surface area contributed by atoms with Crippen LogP contribution in [-0.2, 0) is 0 Å². The van der Waals surface area contributed by atoms with E-state index in [1.165, 1.54) is 0 Å². The van der Waals surface area contributed by atoms with E-state index in [9.17, 15) is 0 Å². The van der Waals surface area contributed by atoms with Crippen molar-refractivity contribution in [2.45, 2.75) is 26.2 Å². The molecule has 0 saturated heterocycles. The van der Waals surface area contributed by atoms with E-state index in [0.29, 0.717) is 0 Å². The maximum Gasteiger partial charge on any atom is 0.00833 e. The van der Waals surface area contributed by atoms with Crippen LogP contribution in [-0.4, -0.2) is 0 Å². The first kappa shape index (κ1) is 10.0. The molecular weight excluding hydrogens is 134 g/mol. The Hall–Kier alpha value is -0.980. The Balaban J connectivity index is 3.45. The Kier molecular flexibility index (Phi) is 6.50. The molecule has 0 aromatic heterocycles. The lowest BCUT2D eigenvalue weighted by Gasteiger charge is -1.94. The van der Waals surface area contributed by atoms with Crippen LogP contribution in [0.15, 0.2) is 36.6 Å². The van der Waals surface area contributed by atoms with Crippen molar-refractivity contribution in [2.75, 3.05) is 0 Å². The second-order valence-corrected chi connectivity index (χ2v) is 2.40. The highest BCUT2D eigenvalue weighted by Gasteiger charge is 1.84. The first-order valence-corrected chi connectivity index (χ1v) is 4.03. The van der Waals surface area contributed by atoms with E-state index in [0.717, 1.165) is 25.0 Å². The summed E-state index contributed by atoms with van der Waals surface area (Å²) in [4.78, 5) is 0. The first-order chi connectivity index (χ1) is 5.31. The molecule has 0 rings (SSSR count). The van der Waals surface area contributed by atoms with Crippen LogP contribution in [0.2, 0.25) is 0 Å². The van der Waals surface area contributed by atoms with Gasteiger partial charge in [-0.3, -0.25) is 0 Å². The zero-order valence-electron chi connectivity index (χ0n) is 7.22. The van der Waals surface area contributed by atoms with Crippen LogP contribution >= 0.6 is 0 Å². The highest BCUT2D eigenvalue weighted by Crippen LogP contribution is 1.99. The second kappa shape index (κ2) is 7.13. The van der Waals surface area contributed by atoms with E-state index in [2.05, 4.69) is 25.7 Å². The van der Waals surface area contributed by atoms with Gasteiger partial charge in [0.1, 0.15) is 0 Å². The summed E-state index contributed by atoms with van der Waals surface area (Å²) in [6, 6.07) is 0. The van der Waals surface area contributed by atoms with Crippen LogP contribution < -0.4 is 5.73 Å². The molecule has 0 aromatic carbocycles. The minimum Gasteiger partial charge on any atom is -0.402 e. The molecule has 0 spiro atoms. The van der Waals surface area contributed by atoms with Gasteiger partial charge in [0.2, 0.25) is 0 Å². The fourth-order valence-electron chi connectivity index (χ4n) is 0.769. The Morgan fingerprint density at radius 2 is 2.18 bits per heavy atom. The first-order valence-electron chi connectivity index (χ1n) is 4.03. The molecule has 0 bridgehead atoms. The third-order valence-electron chi connectivity index (χ3n) is 1.33. The van der Waals surface area contributed by atoms with Crippen molar-refractivity contribution in [3.8, 4) is 0 Å². The third kappa shape index (κ3) is 6.91. The summed E-state index contributed by atoms with van der Waals surface area (Å²) in [6.45, 7) is 5.70. The zero-order chi connectivity index (χ0) is 8.53. The average Bonchev–Trinajstić information content (AvgIpc) is 1.99. The van der Waals surface area contributed by atoms with Gasteiger partial charge in [0.25, 0.3) is 0 Å². The smallest absolute Gasteiger partial charge is 0.00833 e. The van der Waals surface area contributed by atoms with Crippen molar-refractivity contribution in [1.29, 1.82) is 0 Å². The lowest BCUT2D eigenvalue weighted by molar-refractivity contribution is 0.954. The van der Waals surface area contributed by atoms with Gasteiger partial charge in [-0.1, -0.05) is 31.7 Å². The summed E-state index contributed by atoms with van der Waals surface area (Å²) in [5.41, 5.74) is 6.53. The summed E-state index contributed by atoms with van der Waals surface area (Å²) in [5.74, 6) is 0. The molecule has 0 unspecified atom stereocenters. The lowest BCUT2D eigenvalue weighted by atomic mass is 10.2. The molecule has 0 aliphatic rings. The van der Waals surface area contributed by atoms with Crippen molar-refractivity contribution in [1.82, 2.24) is 0 Å². The van der Waals surface area contributed by atoms with Crippen molar-refractivity contribution in [3.05, 3.63) is 36.6 Å². The van der Waals surface area contributed by atoms with Crippen molar-refractivity contribution >= 4 is 0 Å². The monoisotopic (exact) mass is 151 g/mol. The fraction of sp³-hybridized carbons (Fsp3) is 0.400. The predicted molar refractivity (Wildman–Crippen MR) is 51.1 cm³/mol. The van der Waals surface area contributed by atoms with Gasteiger partial charge in [-0.05, 0) is 25.3 Å². The van der Waals surface area contributed by atoms with Gasteiger partial charge in [0.15, 0.2) is 0 Å². The highest BCUT2D eigenvalue weighted by atomic mass is 14.6. The second-order valence-electron chi connectivity index (χ2n) is 2.40. The van der Waals surface area contributed by atoms with Gasteiger partial charge in [-0.15, -0.1) is 0 Å². The molecule has 2 N–H and O–H groups in total. The van der Waals surface area contributed by atoms with Crippen molar-refractivity contribution in [3.63, 3.8) is 0 Å². The maximum atomic E-state index is 5.62. The number of hydrogen-bond acceptors (Lipinski definition) is 1. The average molecular weight is 151 g/mol. The molecule has 0 aliphatic heterocycles. The van der Waals surface area contributed by atoms with Crippen LogP contribution in [0.25, 0.3) is 0 Å². The van der Waals surface area contributed by atoms with E-state index >= 15 is 0 Å². The summed E-state index contributed by atoms with van der Waals surface area (Å²) in [6.07, 6.45) is 10.9. The molecule has 0 heterocycles. The SMILES string of the molecule is C=C/C=C(/N)CC/C=C\CC. The van der Waals surface area contributed by atoms with Crippen LogP contribution in [0.4, 0.5) is 0 Å². The van der Waals surface area contributed by atoms with Gasteiger partial charge in [0, 0.05) is 5.70 Å². The predicted octanol–water partition coefficient (Wildman–Crippen LogP) is 2.76. The molecule has 0 amide bonds. The maximum absolute atomic E-state index is 5.62. The molecule has 0 radical (unpaired) electrons. The normalized spacial score (nSPS) is 12.3. The molecule has 0 fully saturated rings. The molecule has 0 aliphatic carbocycles. The van der Waals surface area contributed by atoms with Crippen LogP contribution in [0.5, 0.6) is 0 Å². The minimum atomic E-state index is 0.903. The number of allylic oxidation sites excluding steroid dienone is 5. The topological polar surface area (TPSA) is 26.0 Å². The van der Waals surface area contributed by atoms with E-state index < -0.39 is 0 Å². The lowest BCUT2D eigenvalue weighted by Crippen LogP contribution is -1.94. The standard InChI is InChI=1S/C10H17N/c1-3-5-6-7-9-10(11)8-4-2/h4-6,8H,2-3,7,9,11H2,1H3/b6-5-,10-8+. The van der Waals surface area contributed by atoms with Gasteiger partial charge in [-0.2, -0.15) is 0 Å².